The van der Waals surface area contributed by atoms with Gasteiger partial charge in [0, 0.05) is 11.6 Å². The Hall–Kier alpha value is -1.26. The van der Waals surface area contributed by atoms with Crippen LogP contribution in [0, 0.1) is 5.92 Å². The first-order valence-corrected chi connectivity index (χ1v) is 7.34. The van der Waals surface area contributed by atoms with E-state index in [9.17, 15) is 9.90 Å². The Balaban J connectivity index is 1.66. The van der Waals surface area contributed by atoms with E-state index in [1.165, 1.54) is 0 Å². The first-order chi connectivity index (χ1) is 9.63. The molecular weight excluding hydrogens is 278 g/mol. The molecule has 5 heteroatoms. The summed E-state index contributed by atoms with van der Waals surface area (Å²) in [7, 11) is 0. The fourth-order valence-electron chi connectivity index (χ4n) is 2.44. The molecule has 0 spiro atoms. The van der Waals surface area contributed by atoms with Crippen molar-refractivity contribution in [3.8, 4) is 5.75 Å². The average molecular weight is 298 g/mol. The molecule has 4 nitrogen and oxygen atoms in total. The van der Waals surface area contributed by atoms with Gasteiger partial charge in [0.25, 0.3) is 5.91 Å². The van der Waals surface area contributed by atoms with Gasteiger partial charge < -0.3 is 15.2 Å². The van der Waals surface area contributed by atoms with Crippen LogP contribution in [-0.4, -0.2) is 30.3 Å². The zero-order chi connectivity index (χ0) is 14.4. The standard InChI is InChI=1S/C15H20ClNO3/c16-12-4-6-14(7-5-12)20-10-15(19)17-9-11-2-1-3-13(18)8-11/h4-7,11,13,18H,1-3,8-10H2,(H,17,19). The molecule has 0 aliphatic heterocycles. The minimum Gasteiger partial charge on any atom is -0.484 e. The number of hydrogen-bond acceptors (Lipinski definition) is 3. The van der Waals surface area contributed by atoms with E-state index in [1.54, 1.807) is 24.3 Å². The third-order valence-corrected chi connectivity index (χ3v) is 3.78. The molecule has 0 bridgehead atoms. The van der Waals surface area contributed by atoms with Gasteiger partial charge in [0.05, 0.1) is 6.10 Å². The van der Waals surface area contributed by atoms with Crippen molar-refractivity contribution in [1.82, 2.24) is 5.32 Å². The summed E-state index contributed by atoms with van der Waals surface area (Å²) >= 11 is 5.77. The number of hydrogen-bond donors (Lipinski definition) is 2. The highest BCUT2D eigenvalue weighted by molar-refractivity contribution is 6.30. The Kier molecular flexibility index (Phi) is 5.68. The van der Waals surface area contributed by atoms with Gasteiger partial charge in [-0.2, -0.15) is 0 Å². The quantitative estimate of drug-likeness (QED) is 0.877. The molecule has 1 saturated carbocycles. The van der Waals surface area contributed by atoms with Gasteiger partial charge >= 0.3 is 0 Å². The summed E-state index contributed by atoms with van der Waals surface area (Å²) in [5.41, 5.74) is 0. The molecule has 2 atom stereocenters. The van der Waals surface area contributed by atoms with Crippen LogP contribution in [0.15, 0.2) is 24.3 Å². The smallest absolute Gasteiger partial charge is 0.257 e. The van der Waals surface area contributed by atoms with Gasteiger partial charge in [-0.1, -0.05) is 18.0 Å². The van der Waals surface area contributed by atoms with Crippen LogP contribution in [0.25, 0.3) is 0 Å². The maximum absolute atomic E-state index is 11.7. The van der Waals surface area contributed by atoms with Gasteiger partial charge in [0.15, 0.2) is 6.61 Å². The molecule has 1 fully saturated rings. The summed E-state index contributed by atoms with van der Waals surface area (Å²) in [5, 5.41) is 13.1. The number of benzene rings is 1. The first-order valence-electron chi connectivity index (χ1n) is 6.96. The van der Waals surface area contributed by atoms with Crippen LogP contribution < -0.4 is 10.1 Å². The number of carbonyl (C=O) groups is 1. The van der Waals surface area contributed by atoms with Crippen molar-refractivity contribution < 1.29 is 14.6 Å². The second kappa shape index (κ2) is 7.50. The highest BCUT2D eigenvalue weighted by Crippen LogP contribution is 2.23. The van der Waals surface area contributed by atoms with Crippen molar-refractivity contribution in [2.45, 2.75) is 31.8 Å². The highest BCUT2D eigenvalue weighted by Gasteiger charge is 2.20. The number of nitrogens with one attached hydrogen (secondary N) is 1. The molecule has 20 heavy (non-hydrogen) atoms. The molecular formula is C15H20ClNO3. The van der Waals surface area contributed by atoms with E-state index in [0.29, 0.717) is 23.2 Å². The lowest BCUT2D eigenvalue weighted by Gasteiger charge is -2.25. The molecule has 1 aliphatic rings. The lowest BCUT2D eigenvalue weighted by atomic mass is 9.87. The van der Waals surface area contributed by atoms with Crippen molar-refractivity contribution in [2.75, 3.05) is 13.2 Å². The van der Waals surface area contributed by atoms with Crippen molar-refractivity contribution >= 4 is 17.5 Å². The van der Waals surface area contributed by atoms with E-state index < -0.39 is 0 Å². The maximum atomic E-state index is 11.7. The SMILES string of the molecule is O=C(COc1ccc(Cl)cc1)NCC1CCCC(O)C1. The predicted molar refractivity (Wildman–Crippen MR) is 77.9 cm³/mol. The van der Waals surface area contributed by atoms with E-state index in [4.69, 9.17) is 16.3 Å². The number of aliphatic hydroxyl groups excluding tert-OH is 1. The largest absolute Gasteiger partial charge is 0.484 e. The van der Waals surface area contributed by atoms with Crippen molar-refractivity contribution in [1.29, 1.82) is 0 Å². The fourth-order valence-corrected chi connectivity index (χ4v) is 2.56. The van der Waals surface area contributed by atoms with E-state index in [2.05, 4.69) is 5.32 Å². The monoisotopic (exact) mass is 297 g/mol. The summed E-state index contributed by atoms with van der Waals surface area (Å²) in [6.45, 7) is 0.608. The molecule has 1 aromatic rings. The zero-order valence-corrected chi connectivity index (χ0v) is 12.1. The van der Waals surface area contributed by atoms with E-state index in [-0.39, 0.29) is 18.6 Å². The number of rotatable bonds is 5. The second-order valence-electron chi connectivity index (χ2n) is 5.23. The van der Waals surface area contributed by atoms with Crippen molar-refractivity contribution in [2.24, 2.45) is 5.92 Å². The molecule has 2 N–H and O–H groups in total. The Morgan fingerprint density at radius 3 is 2.80 bits per heavy atom. The fraction of sp³-hybridized carbons (Fsp3) is 0.533. The number of aliphatic hydroxyl groups is 1. The van der Waals surface area contributed by atoms with Crippen LogP contribution in [0.1, 0.15) is 25.7 Å². The summed E-state index contributed by atoms with van der Waals surface area (Å²) < 4.78 is 5.36. The topological polar surface area (TPSA) is 58.6 Å². The van der Waals surface area contributed by atoms with Gasteiger partial charge in [-0.15, -0.1) is 0 Å². The molecule has 1 aliphatic carbocycles. The van der Waals surface area contributed by atoms with Gasteiger partial charge in [-0.25, -0.2) is 0 Å². The molecule has 0 aromatic heterocycles. The lowest BCUT2D eigenvalue weighted by Crippen LogP contribution is -2.35. The molecule has 0 radical (unpaired) electrons. The number of carbonyl (C=O) groups excluding carboxylic acids is 1. The Labute approximate surface area is 124 Å². The molecule has 0 saturated heterocycles. The van der Waals surface area contributed by atoms with Crippen LogP contribution in [0.2, 0.25) is 5.02 Å². The number of amides is 1. The Morgan fingerprint density at radius 1 is 1.35 bits per heavy atom. The average Bonchev–Trinajstić information content (AvgIpc) is 2.45. The van der Waals surface area contributed by atoms with Gasteiger partial charge in [0.1, 0.15) is 5.75 Å². The first kappa shape index (κ1) is 15.1. The highest BCUT2D eigenvalue weighted by atomic mass is 35.5. The van der Waals surface area contributed by atoms with Gasteiger partial charge in [-0.3, -0.25) is 4.79 Å². The lowest BCUT2D eigenvalue weighted by molar-refractivity contribution is -0.123. The molecule has 1 amide bonds. The minimum absolute atomic E-state index is 0.00307. The summed E-state index contributed by atoms with van der Waals surface area (Å²) in [6, 6.07) is 6.90. The van der Waals surface area contributed by atoms with Crippen LogP contribution in [0.4, 0.5) is 0 Å². The molecule has 2 rings (SSSR count). The van der Waals surface area contributed by atoms with Crippen LogP contribution >= 0.6 is 11.6 Å². The molecule has 0 heterocycles. The van der Waals surface area contributed by atoms with Gasteiger partial charge in [0.2, 0.25) is 0 Å². The van der Waals surface area contributed by atoms with E-state index in [1.807, 2.05) is 0 Å². The normalized spacial score (nSPS) is 22.3. The van der Waals surface area contributed by atoms with Crippen molar-refractivity contribution in [3.63, 3.8) is 0 Å². The molecule has 1 aromatic carbocycles. The zero-order valence-electron chi connectivity index (χ0n) is 11.3. The summed E-state index contributed by atoms with van der Waals surface area (Å²) in [6.07, 6.45) is 3.54. The second-order valence-corrected chi connectivity index (χ2v) is 5.67. The minimum atomic E-state index is -0.212. The van der Waals surface area contributed by atoms with Crippen LogP contribution in [-0.2, 0) is 4.79 Å². The number of ether oxygens (including phenoxy) is 1. The third-order valence-electron chi connectivity index (χ3n) is 3.53. The number of halogens is 1. The van der Waals surface area contributed by atoms with Crippen molar-refractivity contribution in [3.05, 3.63) is 29.3 Å². The summed E-state index contributed by atoms with van der Waals surface area (Å²) in [5.74, 6) is 0.857. The van der Waals surface area contributed by atoms with Gasteiger partial charge in [-0.05, 0) is 49.4 Å². The molecule has 110 valence electrons. The predicted octanol–water partition coefficient (Wildman–Crippen LogP) is 2.39. The Morgan fingerprint density at radius 2 is 2.10 bits per heavy atom. The summed E-state index contributed by atoms with van der Waals surface area (Å²) in [4.78, 5) is 11.7. The Bertz CT molecular complexity index is 435. The van der Waals surface area contributed by atoms with E-state index >= 15 is 0 Å². The third kappa shape index (κ3) is 5.02. The van der Waals surface area contributed by atoms with Crippen LogP contribution in [0.3, 0.4) is 0 Å². The van der Waals surface area contributed by atoms with E-state index in [0.717, 1.165) is 25.7 Å². The molecule has 2 unspecified atom stereocenters. The maximum Gasteiger partial charge on any atom is 0.257 e. The van der Waals surface area contributed by atoms with Crippen LogP contribution in [0.5, 0.6) is 5.75 Å².